The van der Waals surface area contributed by atoms with Gasteiger partial charge in [0.15, 0.2) is 0 Å². The second-order valence-electron chi connectivity index (χ2n) is 7.86. The highest BCUT2D eigenvalue weighted by molar-refractivity contribution is 5.99. The third-order valence-corrected chi connectivity index (χ3v) is 5.55. The van der Waals surface area contributed by atoms with E-state index in [0.717, 1.165) is 0 Å². The lowest BCUT2D eigenvalue weighted by Crippen LogP contribution is -2.26. The van der Waals surface area contributed by atoms with Crippen molar-refractivity contribution in [3.8, 4) is 5.75 Å². The summed E-state index contributed by atoms with van der Waals surface area (Å²) >= 11 is 0. The van der Waals surface area contributed by atoms with Crippen molar-refractivity contribution in [2.45, 2.75) is 20.0 Å². The molecule has 1 N–H and O–H groups in total. The first-order valence-corrected chi connectivity index (χ1v) is 11.0. The second-order valence-corrected chi connectivity index (χ2v) is 7.86. The Kier molecular flexibility index (Phi) is 7.00. The summed E-state index contributed by atoms with van der Waals surface area (Å²) in [5.41, 5.74) is 1.07. The summed E-state index contributed by atoms with van der Waals surface area (Å²) in [4.78, 5) is 50.5. The fourth-order valence-corrected chi connectivity index (χ4v) is 3.87. The van der Waals surface area contributed by atoms with Crippen LogP contribution >= 0.6 is 0 Å². The smallest absolute Gasteiger partial charge is 0.411 e. The molecule has 1 unspecified atom stereocenters. The van der Waals surface area contributed by atoms with E-state index in [1.54, 1.807) is 43.3 Å². The van der Waals surface area contributed by atoms with E-state index < -0.39 is 23.6 Å². The first kappa shape index (κ1) is 23.8. The molecule has 3 aromatic rings. The number of esters is 1. The van der Waals surface area contributed by atoms with Crippen molar-refractivity contribution in [3.63, 3.8) is 0 Å². The van der Waals surface area contributed by atoms with E-state index in [1.807, 2.05) is 0 Å². The molecule has 35 heavy (non-hydrogen) atoms. The number of methoxy groups -OCH3 is 1. The molecule has 182 valence electrons. The zero-order chi connectivity index (χ0) is 24.9. The zero-order valence-electron chi connectivity index (χ0n) is 19.2. The zero-order valence-corrected chi connectivity index (χ0v) is 19.2. The van der Waals surface area contributed by atoms with Crippen LogP contribution < -0.4 is 20.6 Å². The number of benzene rings is 2. The Balaban J connectivity index is 1.45. The SMILES string of the molecule is CCOC(=O)Nc1ccc2c(COC(=O)C3CC(=O)N(c4cccc(OC)c4)C3)cc(=O)oc2c1. The van der Waals surface area contributed by atoms with Crippen molar-refractivity contribution in [2.24, 2.45) is 5.92 Å². The monoisotopic (exact) mass is 480 g/mol. The van der Waals surface area contributed by atoms with Crippen molar-refractivity contribution < 1.29 is 33.0 Å². The van der Waals surface area contributed by atoms with Crippen LogP contribution in [0.15, 0.2) is 57.7 Å². The number of anilines is 2. The van der Waals surface area contributed by atoms with E-state index in [4.69, 9.17) is 18.6 Å². The third kappa shape index (κ3) is 5.43. The molecule has 10 nitrogen and oxygen atoms in total. The van der Waals surface area contributed by atoms with E-state index in [-0.39, 0.29) is 37.7 Å². The minimum absolute atomic E-state index is 0.0244. The molecule has 0 bridgehead atoms. The van der Waals surface area contributed by atoms with Gasteiger partial charge in [0, 0.05) is 53.5 Å². The Morgan fingerprint density at radius 2 is 1.94 bits per heavy atom. The molecule has 1 fully saturated rings. The molecule has 0 spiro atoms. The van der Waals surface area contributed by atoms with Crippen LogP contribution in [-0.2, 0) is 25.7 Å². The van der Waals surface area contributed by atoms with E-state index in [9.17, 15) is 19.2 Å². The Bertz CT molecular complexity index is 1330. The van der Waals surface area contributed by atoms with Crippen molar-refractivity contribution in [1.29, 1.82) is 0 Å². The van der Waals surface area contributed by atoms with Gasteiger partial charge in [-0.05, 0) is 31.2 Å². The first-order chi connectivity index (χ1) is 16.9. The van der Waals surface area contributed by atoms with Gasteiger partial charge in [-0.2, -0.15) is 0 Å². The highest BCUT2D eigenvalue weighted by Gasteiger charge is 2.36. The highest BCUT2D eigenvalue weighted by atomic mass is 16.5. The number of fused-ring (bicyclic) bond motifs is 1. The molecule has 1 aromatic heterocycles. The maximum atomic E-state index is 12.7. The number of hydrogen-bond acceptors (Lipinski definition) is 8. The molecule has 1 saturated heterocycles. The lowest BCUT2D eigenvalue weighted by atomic mass is 10.1. The molecule has 2 heterocycles. The molecule has 1 atom stereocenters. The van der Waals surface area contributed by atoms with Crippen LogP contribution in [0.3, 0.4) is 0 Å². The van der Waals surface area contributed by atoms with E-state index in [1.165, 1.54) is 24.1 Å². The number of carbonyl (C=O) groups excluding carboxylic acids is 3. The molecule has 0 aliphatic carbocycles. The summed E-state index contributed by atoms with van der Waals surface area (Å²) < 4.78 is 20.7. The fourth-order valence-electron chi connectivity index (χ4n) is 3.87. The van der Waals surface area contributed by atoms with Crippen LogP contribution in [0.5, 0.6) is 5.75 Å². The summed E-state index contributed by atoms with van der Waals surface area (Å²) in [6.45, 7) is 1.92. The van der Waals surface area contributed by atoms with E-state index >= 15 is 0 Å². The van der Waals surface area contributed by atoms with Crippen LogP contribution in [0.2, 0.25) is 0 Å². The quantitative estimate of drug-likeness (QED) is 0.403. The van der Waals surface area contributed by atoms with Gasteiger partial charge in [-0.15, -0.1) is 0 Å². The maximum absolute atomic E-state index is 12.7. The first-order valence-electron chi connectivity index (χ1n) is 11.0. The summed E-state index contributed by atoms with van der Waals surface area (Å²) in [6, 6.07) is 13.0. The molecule has 2 aromatic carbocycles. The van der Waals surface area contributed by atoms with Gasteiger partial charge in [-0.1, -0.05) is 6.07 Å². The molecule has 1 aliphatic rings. The lowest BCUT2D eigenvalue weighted by molar-refractivity contribution is -0.149. The molecular weight excluding hydrogens is 456 g/mol. The van der Waals surface area contributed by atoms with Gasteiger partial charge < -0.3 is 23.5 Å². The fraction of sp³-hybridized carbons (Fsp3) is 0.280. The van der Waals surface area contributed by atoms with Gasteiger partial charge in [0.25, 0.3) is 0 Å². The average Bonchev–Trinajstić information content (AvgIpc) is 3.24. The predicted octanol–water partition coefficient (Wildman–Crippen LogP) is 3.47. The number of nitrogens with zero attached hydrogens (tertiary/aromatic N) is 1. The lowest BCUT2D eigenvalue weighted by Gasteiger charge is -2.17. The van der Waals surface area contributed by atoms with Gasteiger partial charge in [-0.3, -0.25) is 14.9 Å². The molecule has 2 amide bonds. The number of carbonyl (C=O) groups is 3. The summed E-state index contributed by atoms with van der Waals surface area (Å²) in [5, 5.41) is 3.09. The topological polar surface area (TPSA) is 124 Å². The van der Waals surface area contributed by atoms with Crippen molar-refractivity contribution in [1.82, 2.24) is 0 Å². The van der Waals surface area contributed by atoms with E-state index in [0.29, 0.717) is 28.1 Å². The average molecular weight is 480 g/mol. The van der Waals surface area contributed by atoms with Gasteiger partial charge in [-0.25, -0.2) is 9.59 Å². The standard InChI is InChI=1S/C25H24N2O8/c1-3-33-25(31)26-17-7-8-20-16(10-23(29)35-21(20)11-17)14-34-24(30)15-9-22(28)27(13-15)18-5-4-6-19(12-18)32-2/h4-8,10-12,15H,3,9,13-14H2,1-2H3,(H,26,31). The Hall–Kier alpha value is -4.34. The van der Waals surface area contributed by atoms with Crippen molar-refractivity contribution in [2.75, 3.05) is 30.5 Å². The van der Waals surface area contributed by atoms with Crippen LogP contribution in [0.4, 0.5) is 16.2 Å². The van der Waals surface area contributed by atoms with Crippen molar-refractivity contribution >= 4 is 40.3 Å². The van der Waals surface area contributed by atoms with Crippen LogP contribution in [-0.4, -0.2) is 38.2 Å². The Morgan fingerprint density at radius 3 is 2.71 bits per heavy atom. The van der Waals surface area contributed by atoms with Crippen LogP contribution in [0, 0.1) is 5.92 Å². The molecular formula is C25H24N2O8. The highest BCUT2D eigenvalue weighted by Crippen LogP contribution is 2.29. The van der Waals surface area contributed by atoms with Crippen LogP contribution in [0.1, 0.15) is 18.9 Å². The Labute approximate surface area is 200 Å². The van der Waals surface area contributed by atoms with Gasteiger partial charge in [0.1, 0.15) is 17.9 Å². The van der Waals surface area contributed by atoms with E-state index in [2.05, 4.69) is 5.32 Å². The molecule has 0 saturated carbocycles. The molecule has 1 aliphatic heterocycles. The number of ether oxygens (including phenoxy) is 3. The minimum Gasteiger partial charge on any atom is -0.497 e. The summed E-state index contributed by atoms with van der Waals surface area (Å²) in [5.74, 6) is -0.754. The van der Waals surface area contributed by atoms with Crippen molar-refractivity contribution in [3.05, 3.63) is 64.5 Å². The number of amides is 2. The normalized spacial score (nSPS) is 15.2. The number of hydrogen-bond donors (Lipinski definition) is 1. The molecule has 0 radical (unpaired) electrons. The summed E-state index contributed by atoms with van der Waals surface area (Å²) in [7, 11) is 1.54. The number of rotatable bonds is 7. The Morgan fingerprint density at radius 1 is 1.11 bits per heavy atom. The summed E-state index contributed by atoms with van der Waals surface area (Å²) in [6.07, 6.45) is -0.607. The van der Waals surface area contributed by atoms with Gasteiger partial charge in [0.05, 0.1) is 19.6 Å². The van der Waals surface area contributed by atoms with Crippen LogP contribution in [0.25, 0.3) is 11.0 Å². The number of nitrogens with one attached hydrogen (secondary N) is 1. The second kappa shape index (κ2) is 10.3. The minimum atomic E-state index is -0.638. The largest absolute Gasteiger partial charge is 0.497 e. The predicted molar refractivity (Wildman–Crippen MR) is 126 cm³/mol. The molecule has 4 rings (SSSR count). The molecule has 10 heteroatoms. The van der Waals surface area contributed by atoms with Gasteiger partial charge >= 0.3 is 17.7 Å². The third-order valence-electron chi connectivity index (χ3n) is 5.55. The maximum Gasteiger partial charge on any atom is 0.411 e. The van der Waals surface area contributed by atoms with Gasteiger partial charge in [0.2, 0.25) is 5.91 Å².